The van der Waals surface area contributed by atoms with Gasteiger partial charge in [0.25, 0.3) is 5.69 Å². The minimum atomic E-state index is -0.674. The molecule has 0 bridgehead atoms. The van der Waals surface area contributed by atoms with E-state index in [0.717, 1.165) is 5.56 Å². The third kappa shape index (κ3) is 5.33. The van der Waals surface area contributed by atoms with Crippen LogP contribution in [0.1, 0.15) is 34.0 Å². The second kappa shape index (κ2) is 10.5. The van der Waals surface area contributed by atoms with Gasteiger partial charge in [0.15, 0.2) is 17.2 Å². The number of carbonyl (C=O) groups excluding carboxylic acids is 2. The van der Waals surface area contributed by atoms with E-state index in [1.165, 1.54) is 30.3 Å². The highest BCUT2D eigenvalue weighted by molar-refractivity contribution is 9.10. The molecule has 3 aromatic rings. The zero-order valence-corrected chi connectivity index (χ0v) is 20.8. The molecular formula is C26H19BrN2O7. The number of aryl methyl sites for hydroxylation is 1. The number of benzene rings is 3. The van der Waals surface area contributed by atoms with Crippen LogP contribution in [0.2, 0.25) is 0 Å². The van der Waals surface area contributed by atoms with Crippen molar-refractivity contribution in [2.24, 2.45) is 4.99 Å². The standard InChI is InChI=1S/C26H19BrN2O7/c1-3-34-22-14-16(12-20(27)23(22)35-25(30)19-7-5-4-6-15(19)2)13-21-26(31)36-24(28-21)17-8-10-18(11-9-17)29(32)33/h4-14H,3H2,1-2H3/b21-13-. The smallest absolute Gasteiger partial charge is 0.363 e. The fourth-order valence-corrected chi connectivity index (χ4v) is 3.94. The lowest BCUT2D eigenvalue weighted by Crippen LogP contribution is -2.11. The van der Waals surface area contributed by atoms with Gasteiger partial charge in [-0.3, -0.25) is 10.1 Å². The van der Waals surface area contributed by atoms with Gasteiger partial charge in [-0.2, -0.15) is 0 Å². The van der Waals surface area contributed by atoms with Crippen molar-refractivity contribution < 1.29 is 28.7 Å². The second-order valence-electron chi connectivity index (χ2n) is 7.61. The number of hydrogen-bond acceptors (Lipinski definition) is 8. The Balaban J connectivity index is 1.64. The van der Waals surface area contributed by atoms with Gasteiger partial charge in [-0.15, -0.1) is 0 Å². The molecule has 1 aliphatic heterocycles. The molecule has 0 saturated heterocycles. The summed E-state index contributed by atoms with van der Waals surface area (Å²) in [4.78, 5) is 39.7. The van der Waals surface area contributed by atoms with Crippen molar-refractivity contribution in [3.63, 3.8) is 0 Å². The molecule has 0 amide bonds. The van der Waals surface area contributed by atoms with Gasteiger partial charge in [0.05, 0.1) is 21.6 Å². The van der Waals surface area contributed by atoms with E-state index in [-0.39, 0.29) is 23.0 Å². The summed E-state index contributed by atoms with van der Waals surface area (Å²) < 4.78 is 17.0. The quantitative estimate of drug-likeness (QED) is 0.123. The van der Waals surface area contributed by atoms with E-state index in [4.69, 9.17) is 14.2 Å². The van der Waals surface area contributed by atoms with Crippen molar-refractivity contribution in [2.75, 3.05) is 6.61 Å². The molecule has 1 aliphatic rings. The van der Waals surface area contributed by atoms with E-state index in [1.807, 2.05) is 19.1 Å². The Morgan fingerprint density at radius 3 is 2.56 bits per heavy atom. The first-order valence-electron chi connectivity index (χ1n) is 10.8. The van der Waals surface area contributed by atoms with Gasteiger partial charge >= 0.3 is 11.9 Å². The van der Waals surface area contributed by atoms with E-state index in [2.05, 4.69) is 20.9 Å². The summed E-state index contributed by atoms with van der Waals surface area (Å²) in [5, 5.41) is 10.9. The summed E-state index contributed by atoms with van der Waals surface area (Å²) in [5.74, 6) is -0.665. The Kier molecular flexibility index (Phi) is 7.25. The number of nitrogens with zero attached hydrogens (tertiary/aromatic N) is 2. The zero-order chi connectivity index (χ0) is 25.8. The fourth-order valence-electron chi connectivity index (χ4n) is 3.40. The highest BCUT2D eigenvalue weighted by Gasteiger charge is 2.25. The average Bonchev–Trinajstić information content (AvgIpc) is 3.21. The van der Waals surface area contributed by atoms with Crippen LogP contribution in [-0.4, -0.2) is 29.4 Å². The molecule has 0 N–H and O–H groups in total. The Labute approximate surface area is 214 Å². The van der Waals surface area contributed by atoms with E-state index < -0.39 is 16.9 Å². The molecular weight excluding hydrogens is 532 g/mol. The van der Waals surface area contributed by atoms with E-state index in [9.17, 15) is 19.7 Å². The number of non-ortho nitro benzene ring substituents is 1. The second-order valence-corrected chi connectivity index (χ2v) is 8.46. The van der Waals surface area contributed by atoms with Crippen LogP contribution in [-0.2, 0) is 9.53 Å². The lowest BCUT2D eigenvalue weighted by Gasteiger charge is -2.14. The Morgan fingerprint density at radius 1 is 1.17 bits per heavy atom. The molecule has 3 aromatic carbocycles. The van der Waals surface area contributed by atoms with Crippen LogP contribution in [0.25, 0.3) is 6.08 Å². The number of halogens is 1. The first kappa shape index (κ1) is 24.8. The third-order valence-corrected chi connectivity index (χ3v) is 5.73. The number of nitro benzene ring substituents is 1. The molecule has 0 spiro atoms. The van der Waals surface area contributed by atoms with E-state index in [0.29, 0.717) is 33.5 Å². The lowest BCUT2D eigenvalue weighted by atomic mass is 10.1. The lowest BCUT2D eigenvalue weighted by molar-refractivity contribution is -0.384. The first-order chi connectivity index (χ1) is 17.3. The molecule has 10 heteroatoms. The number of hydrogen-bond donors (Lipinski definition) is 0. The summed E-state index contributed by atoms with van der Waals surface area (Å²) >= 11 is 3.43. The molecule has 0 fully saturated rings. The first-order valence-corrected chi connectivity index (χ1v) is 11.6. The van der Waals surface area contributed by atoms with Gasteiger partial charge in [0.2, 0.25) is 5.90 Å². The van der Waals surface area contributed by atoms with Crippen LogP contribution < -0.4 is 9.47 Å². The molecule has 0 unspecified atom stereocenters. The molecule has 1 heterocycles. The van der Waals surface area contributed by atoms with Gasteiger partial charge in [-0.25, -0.2) is 14.6 Å². The van der Waals surface area contributed by atoms with Crippen LogP contribution in [0.4, 0.5) is 5.69 Å². The van der Waals surface area contributed by atoms with Crippen molar-refractivity contribution in [1.29, 1.82) is 0 Å². The summed E-state index contributed by atoms with van der Waals surface area (Å²) in [6, 6.07) is 15.9. The van der Waals surface area contributed by atoms with E-state index >= 15 is 0 Å². The van der Waals surface area contributed by atoms with Crippen LogP contribution in [0, 0.1) is 17.0 Å². The third-order valence-electron chi connectivity index (χ3n) is 5.14. The number of carbonyl (C=O) groups is 2. The highest BCUT2D eigenvalue weighted by atomic mass is 79.9. The predicted octanol–water partition coefficient (Wildman–Crippen LogP) is 5.63. The Hall–Kier alpha value is -4.31. The van der Waals surface area contributed by atoms with Gasteiger partial charge in [0, 0.05) is 17.7 Å². The molecule has 36 heavy (non-hydrogen) atoms. The predicted molar refractivity (Wildman–Crippen MR) is 135 cm³/mol. The molecule has 0 atom stereocenters. The van der Waals surface area contributed by atoms with Gasteiger partial charge in [-0.05, 0) is 77.3 Å². The SMILES string of the molecule is CCOc1cc(/C=C2\N=C(c3ccc([N+](=O)[O-])cc3)OC2=O)cc(Br)c1OC(=O)c1ccccc1C. The minimum absolute atomic E-state index is 0.0300. The normalized spacial score (nSPS) is 13.8. The molecule has 9 nitrogen and oxygen atoms in total. The van der Waals surface area contributed by atoms with Crippen molar-refractivity contribution in [2.45, 2.75) is 13.8 Å². The molecule has 0 radical (unpaired) electrons. The van der Waals surface area contributed by atoms with Gasteiger partial charge < -0.3 is 14.2 Å². The fraction of sp³-hybridized carbons (Fsp3) is 0.115. The zero-order valence-electron chi connectivity index (χ0n) is 19.2. The average molecular weight is 551 g/mol. The van der Waals surface area contributed by atoms with Crippen LogP contribution >= 0.6 is 15.9 Å². The largest absolute Gasteiger partial charge is 0.490 e. The molecule has 182 valence electrons. The summed E-state index contributed by atoms with van der Waals surface area (Å²) in [7, 11) is 0. The van der Waals surface area contributed by atoms with Crippen LogP contribution in [0.5, 0.6) is 11.5 Å². The van der Waals surface area contributed by atoms with E-state index in [1.54, 1.807) is 31.2 Å². The number of ether oxygens (including phenoxy) is 3. The topological polar surface area (TPSA) is 117 Å². The monoisotopic (exact) mass is 550 g/mol. The van der Waals surface area contributed by atoms with Crippen LogP contribution in [0.3, 0.4) is 0 Å². The van der Waals surface area contributed by atoms with Gasteiger partial charge in [-0.1, -0.05) is 18.2 Å². The maximum atomic E-state index is 12.8. The summed E-state index contributed by atoms with van der Waals surface area (Å²) in [6.45, 7) is 3.92. The number of esters is 2. The number of rotatable bonds is 7. The minimum Gasteiger partial charge on any atom is -0.490 e. The van der Waals surface area contributed by atoms with Gasteiger partial charge in [0.1, 0.15) is 0 Å². The maximum Gasteiger partial charge on any atom is 0.363 e. The number of aliphatic imine (C=N–C) groups is 1. The Morgan fingerprint density at radius 2 is 1.89 bits per heavy atom. The number of cyclic esters (lactones) is 1. The van der Waals surface area contributed by atoms with Crippen LogP contribution in [0.15, 0.2) is 75.8 Å². The van der Waals surface area contributed by atoms with Crippen molar-refractivity contribution in [1.82, 2.24) is 0 Å². The summed E-state index contributed by atoms with van der Waals surface area (Å²) in [5.41, 5.74) is 2.12. The molecule has 0 aliphatic carbocycles. The molecule has 0 aromatic heterocycles. The molecule has 0 saturated carbocycles. The number of nitro groups is 1. The highest BCUT2D eigenvalue weighted by Crippen LogP contribution is 2.38. The summed E-state index contributed by atoms with van der Waals surface area (Å²) in [6.07, 6.45) is 1.50. The Bertz CT molecular complexity index is 1430. The maximum absolute atomic E-state index is 12.8. The molecule has 4 rings (SSSR count). The van der Waals surface area contributed by atoms with Crippen molar-refractivity contribution in [3.05, 3.63) is 103 Å². The van der Waals surface area contributed by atoms with Crippen molar-refractivity contribution >= 4 is 45.5 Å². The van der Waals surface area contributed by atoms with Crippen molar-refractivity contribution in [3.8, 4) is 11.5 Å².